The molecule has 0 saturated carbocycles. The number of aliphatic hydroxyl groups is 3. The molecule has 0 aromatic carbocycles. The Morgan fingerprint density at radius 2 is 2.15 bits per heavy atom. The van der Waals surface area contributed by atoms with Crippen LogP contribution in [0.2, 0.25) is 0 Å². The second-order valence-electron chi connectivity index (χ2n) is 4.75. The normalized spacial score (nSPS) is 44.6. The van der Waals surface area contributed by atoms with Crippen LogP contribution < -0.4 is 11.2 Å². The fourth-order valence-electron chi connectivity index (χ4n) is 2.04. The van der Waals surface area contributed by atoms with E-state index < -0.39 is 41.8 Å². The van der Waals surface area contributed by atoms with Crippen LogP contribution in [0.25, 0.3) is 0 Å². The summed E-state index contributed by atoms with van der Waals surface area (Å²) in [6, 6.07) is 0. The Hall–Kier alpha value is -1.48. The summed E-state index contributed by atoms with van der Waals surface area (Å²) in [6.45, 7) is 0.0296. The maximum absolute atomic E-state index is 12.1. The molecule has 1 aliphatic rings. The molecule has 2 rings (SSSR count). The lowest BCUT2D eigenvalue weighted by Gasteiger charge is -2.29. The number of nitrogens with one attached hydrogen (secondary N) is 1. The van der Waals surface area contributed by atoms with Crippen molar-refractivity contribution in [3.05, 3.63) is 32.1 Å². The number of rotatable bonds is 2. The Balaban J connectivity index is 2.78. The summed E-state index contributed by atoms with van der Waals surface area (Å²) in [5.41, 5.74) is -4.32. The highest BCUT2D eigenvalue weighted by Crippen LogP contribution is 2.37. The molecule has 20 heavy (non-hydrogen) atoms. The molecule has 1 aromatic heterocycles. The van der Waals surface area contributed by atoms with E-state index >= 15 is 0 Å². The van der Waals surface area contributed by atoms with Crippen molar-refractivity contribution in [1.29, 1.82) is 0 Å². The summed E-state index contributed by atoms with van der Waals surface area (Å²) in [6.07, 6.45) is -8.59. The zero-order valence-electron chi connectivity index (χ0n) is 15.1. The summed E-state index contributed by atoms with van der Waals surface area (Å²) >= 11 is 0. The molecule has 0 bridgehead atoms. The van der Waals surface area contributed by atoms with Crippen molar-refractivity contribution in [2.75, 3.05) is 6.56 Å². The smallest absolute Gasteiger partial charge is 0.330 e. The standard InChI is InChI=1S/C12H18N2O6/c1-5-6(2)14(11(18)13-9(5)17)10-12(3,19)8(16)7(4-15)20-10/h7-8,10,15-16,19H,4H2,1-3H3,(H,13,17,18)/t7-,8-,10-,12-/m1/s1/i4D2,7D,8D. The van der Waals surface area contributed by atoms with E-state index in [0.29, 0.717) is 4.57 Å². The predicted molar refractivity (Wildman–Crippen MR) is 68.4 cm³/mol. The number of nitrogens with zero attached hydrogens (tertiary/aromatic N) is 1. The van der Waals surface area contributed by atoms with Crippen molar-refractivity contribution in [1.82, 2.24) is 9.55 Å². The van der Waals surface area contributed by atoms with Gasteiger partial charge in [0, 0.05) is 11.3 Å². The second kappa shape index (κ2) is 4.81. The minimum Gasteiger partial charge on any atom is -0.394 e. The summed E-state index contributed by atoms with van der Waals surface area (Å²) in [5.74, 6) is 0. The van der Waals surface area contributed by atoms with Gasteiger partial charge in [0.15, 0.2) is 6.23 Å². The van der Waals surface area contributed by atoms with Crippen LogP contribution in [0.3, 0.4) is 0 Å². The third kappa shape index (κ3) is 2.01. The van der Waals surface area contributed by atoms with Crippen LogP contribution in [0, 0.1) is 13.8 Å². The van der Waals surface area contributed by atoms with E-state index in [-0.39, 0.29) is 11.3 Å². The molecular weight excluding hydrogens is 268 g/mol. The zero-order chi connectivity index (χ0) is 18.9. The van der Waals surface area contributed by atoms with Crippen molar-refractivity contribution >= 4 is 0 Å². The number of ether oxygens (including phenoxy) is 1. The lowest BCUT2D eigenvalue weighted by atomic mass is 9.96. The Morgan fingerprint density at radius 1 is 1.55 bits per heavy atom. The van der Waals surface area contributed by atoms with Crippen LogP contribution in [0.1, 0.15) is 29.9 Å². The highest BCUT2D eigenvalue weighted by molar-refractivity contribution is 5.16. The maximum Gasteiger partial charge on any atom is 0.330 e. The van der Waals surface area contributed by atoms with Gasteiger partial charge in [0.25, 0.3) is 5.56 Å². The average molecular weight is 290 g/mol. The first-order valence-corrected chi connectivity index (χ1v) is 5.76. The van der Waals surface area contributed by atoms with Gasteiger partial charge in [0.2, 0.25) is 0 Å². The third-order valence-electron chi connectivity index (χ3n) is 3.42. The Kier molecular flexibility index (Phi) is 2.47. The molecule has 8 nitrogen and oxygen atoms in total. The van der Waals surface area contributed by atoms with E-state index in [4.69, 9.17) is 10.2 Å². The van der Waals surface area contributed by atoms with Crippen LogP contribution in [0.5, 0.6) is 0 Å². The Bertz CT molecular complexity index is 796. The number of aromatic amines is 1. The van der Waals surface area contributed by atoms with Gasteiger partial charge in [0.05, 0.1) is 12.0 Å². The van der Waals surface area contributed by atoms with Gasteiger partial charge in [-0.05, 0) is 20.8 Å². The highest BCUT2D eigenvalue weighted by atomic mass is 16.6. The van der Waals surface area contributed by atoms with Gasteiger partial charge >= 0.3 is 5.69 Å². The Morgan fingerprint density at radius 3 is 2.65 bits per heavy atom. The topological polar surface area (TPSA) is 125 Å². The summed E-state index contributed by atoms with van der Waals surface area (Å²) in [4.78, 5) is 25.7. The lowest BCUT2D eigenvalue weighted by Crippen LogP contribution is -2.47. The molecule has 1 fully saturated rings. The first-order chi connectivity index (χ1) is 10.6. The quantitative estimate of drug-likeness (QED) is 0.507. The molecule has 1 aromatic rings. The molecule has 0 spiro atoms. The maximum atomic E-state index is 12.1. The Labute approximate surface area is 119 Å². The number of hydrogen-bond acceptors (Lipinski definition) is 6. The van der Waals surface area contributed by atoms with E-state index in [9.17, 15) is 24.9 Å². The van der Waals surface area contributed by atoms with Crippen LogP contribution in [-0.2, 0) is 4.74 Å². The number of hydrogen-bond donors (Lipinski definition) is 4. The molecule has 8 heteroatoms. The molecule has 1 aliphatic heterocycles. The molecule has 0 amide bonds. The molecule has 2 heterocycles. The SMILES string of the molecule is [2H]C([2H])(O)[C@@]1([2H])O[C@@H](n2c(C)c(C)c(=O)[nH]c2=O)[C@](C)(O)[C@]1([2H])O. The summed E-state index contributed by atoms with van der Waals surface area (Å²) in [7, 11) is 0. The van der Waals surface area contributed by atoms with Crippen LogP contribution in [0.4, 0.5) is 0 Å². The minimum absolute atomic E-state index is 0.0209. The molecular formula is C12H18N2O6. The molecule has 0 unspecified atom stereocenters. The summed E-state index contributed by atoms with van der Waals surface area (Å²) in [5, 5.41) is 30.3. The zero-order valence-corrected chi connectivity index (χ0v) is 11.1. The highest BCUT2D eigenvalue weighted by Gasteiger charge is 2.53. The van der Waals surface area contributed by atoms with Gasteiger partial charge in [-0.25, -0.2) is 4.79 Å². The van der Waals surface area contributed by atoms with Crippen molar-refractivity contribution in [2.24, 2.45) is 0 Å². The van der Waals surface area contributed by atoms with E-state index in [1.54, 1.807) is 0 Å². The van der Waals surface area contributed by atoms with Gasteiger partial charge in [0.1, 0.15) is 17.8 Å². The monoisotopic (exact) mass is 290 g/mol. The average Bonchev–Trinajstić information content (AvgIpc) is 2.55. The van der Waals surface area contributed by atoms with Crippen LogP contribution >= 0.6 is 0 Å². The minimum atomic E-state index is -3.54. The largest absolute Gasteiger partial charge is 0.394 e. The third-order valence-corrected chi connectivity index (χ3v) is 3.42. The van der Waals surface area contributed by atoms with Gasteiger partial charge < -0.3 is 20.1 Å². The van der Waals surface area contributed by atoms with Gasteiger partial charge in [-0.1, -0.05) is 0 Å². The molecule has 0 radical (unpaired) electrons. The van der Waals surface area contributed by atoms with Crippen molar-refractivity contribution in [3.63, 3.8) is 0 Å². The van der Waals surface area contributed by atoms with Crippen molar-refractivity contribution in [2.45, 2.75) is 44.8 Å². The molecule has 4 N–H and O–H groups in total. The first-order valence-electron chi connectivity index (χ1n) is 7.76. The molecule has 0 aliphatic carbocycles. The first kappa shape index (κ1) is 10.3. The predicted octanol–water partition coefficient (Wildman–Crippen LogP) is -1.84. The molecule has 112 valence electrons. The van der Waals surface area contributed by atoms with E-state index in [1.807, 2.05) is 4.98 Å². The van der Waals surface area contributed by atoms with Gasteiger partial charge in [-0.2, -0.15) is 0 Å². The van der Waals surface area contributed by atoms with Gasteiger partial charge in [-0.15, -0.1) is 0 Å². The molecule has 4 atom stereocenters. The van der Waals surface area contributed by atoms with E-state index in [0.717, 1.165) is 6.92 Å². The fourth-order valence-corrected chi connectivity index (χ4v) is 2.04. The van der Waals surface area contributed by atoms with E-state index in [2.05, 4.69) is 0 Å². The molecule has 1 saturated heterocycles. The van der Waals surface area contributed by atoms with Crippen molar-refractivity contribution < 1.29 is 25.5 Å². The number of H-pyrrole nitrogens is 1. The number of aromatic nitrogens is 2. The van der Waals surface area contributed by atoms with Crippen LogP contribution in [-0.4, -0.2) is 49.2 Å². The van der Waals surface area contributed by atoms with Crippen LogP contribution in [0.15, 0.2) is 9.59 Å². The van der Waals surface area contributed by atoms with E-state index in [1.165, 1.54) is 13.8 Å². The van der Waals surface area contributed by atoms with Crippen molar-refractivity contribution in [3.8, 4) is 0 Å². The lowest BCUT2D eigenvalue weighted by molar-refractivity contribution is -0.0996. The summed E-state index contributed by atoms with van der Waals surface area (Å²) < 4.78 is 35.9. The second-order valence-corrected chi connectivity index (χ2v) is 4.75. The van der Waals surface area contributed by atoms with Gasteiger partial charge in [-0.3, -0.25) is 14.3 Å². The fraction of sp³-hybridized carbons (Fsp3) is 0.667.